The molecule has 0 aliphatic heterocycles. The first kappa shape index (κ1) is 14.7. The van der Waals surface area contributed by atoms with Crippen LogP contribution in [-0.4, -0.2) is 23.7 Å². The minimum atomic E-state index is -0.602. The quantitative estimate of drug-likeness (QED) is 0.752. The Morgan fingerprint density at radius 1 is 1.33 bits per heavy atom. The highest BCUT2D eigenvalue weighted by Gasteiger charge is 2.28. The Balaban J connectivity index is 2.73. The van der Waals surface area contributed by atoms with Gasteiger partial charge in [-0.25, -0.2) is 0 Å². The van der Waals surface area contributed by atoms with Crippen LogP contribution in [-0.2, 0) is 4.79 Å². The lowest BCUT2D eigenvalue weighted by molar-refractivity contribution is -0.125. The first-order valence-electron chi connectivity index (χ1n) is 6.08. The van der Waals surface area contributed by atoms with Gasteiger partial charge in [-0.1, -0.05) is 51.1 Å². The van der Waals surface area contributed by atoms with Crippen LogP contribution in [0.15, 0.2) is 30.3 Å². The first-order valence-corrected chi connectivity index (χ1v) is 6.08. The van der Waals surface area contributed by atoms with Crippen LogP contribution in [0, 0.1) is 5.41 Å². The highest BCUT2D eigenvalue weighted by atomic mass is 16.3. The molecule has 1 unspecified atom stereocenters. The maximum Gasteiger partial charge on any atom is 0.238 e. The van der Waals surface area contributed by atoms with Gasteiger partial charge < -0.3 is 16.2 Å². The molecule has 100 valence electrons. The van der Waals surface area contributed by atoms with Crippen molar-refractivity contribution in [3.63, 3.8) is 0 Å². The van der Waals surface area contributed by atoms with Gasteiger partial charge in [-0.15, -0.1) is 0 Å². The molecule has 0 aliphatic carbocycles. The van der Waals surface area contributed by atoms with E-state index in [4.69, 9.17) is 5.73 Å². The van der Waals surface area contributed by atoms with Gasteiger partial charge in [0.25, 0.3) is 0 Å². The zero-order valence-electron chi connectivity index (χ0n) is 11.2. The molecule has 1 amide bonds. The first-order chi connectivity index (χ1) is 8.36. The van der Waals surface area contributed by atoms with Crippen LogP contribution in [0.2, 0.25) is 0 Å². The molecule has 0 saturated carbocycles. The van der Waals surface area contributed by atoms with Gasteiger partial charge in [-0.3, -0.25) is 4.79 Å². The highest BCUT2D eigenvalue weighted by molar-refractivity contribution is 5.82. The van der Waals surface area contributed by atoms with Gasteiger partial charge in [0.15, 0.2) is 0 Å². The molecule has 0 spiro atoms. The van der Waals surface area contributed by atoms with Crippen molar-refractivity contribution >= 4 is 5.91 Å². The Morgan fingerprint density at radius 2 is 1.89 bits per heavy atom. The van der Waals surface area contributed by atoms with E-state index < -0.39 is 12.1 Å². The normalized spacial score (nSPS) is 14.9. The Hall–Kier alpha value is -1.39. The summed E-state index contributed by atoms with van der Waals surface area (Å²) in [6, 6.07) is 8.35. The summed E-state index contributed by atoms with van der Waals surface area (Å²) < 4.78 is 0. The van der Waals surface area contributed by atoms with Crippen molar-refractivity contribution in [3.8, 4) is 0 Å². The van der Waals surface area contributed by atoms with E-state index >= 15 is 0 Å². The molecule has 4 nitrogen and oxygen atoms in total. The summed E-state index contributed by atoms with van der Waals surface area (Å²) in [7, 11) is 0. The van der Waals surface area contributed by atoms with Crippen LogP contribution in [0.5, 0.6) is 0 Å². The van der Waals surface area contributed by atoms with Crippen molar-refractivity contribution in [1.82, 2.24) is 5.32 Å². The average molecular weight is 250 g/mol. The smallest absolute Gasteiger partial charge is 0.238 e. The van der Waals surface area contributed by atoms with E-state index in [1.54, 1.807) is 0 Å². The van der Waals surface area contributed by atoms with Crippen molar-refractivity contribution < 1.29 is 9.90 Å². The molecule has 4 N–H and O–H groups in total. The predicted octanol–water partition coefficient (Wildman–Crippen LogP) is 1.21. The lowest BCUT2D eigenvalue weighted by Crippen LogP contribution is -2.49. The second kappa shape index (κ2) is 5.98. The molecule has 0 bridgehead atoms. The highest BCUT2D eigenvalue weighted by Crippen LogP contribution is 2.19. The Labute approximate surface area is 108 Å². The lowest BCUT2D eigenvalue weighted by atomic mass is 9.86. The molecule has 1 aromatic rings. The molecular formula is C14H22N2O2. The van der Waals surface area contributed by atoms with Gasteiger partial charge >= 0.3 is 0 Å². The fourth-order valence-electron chi connectivity index (χ4n) is 1.57. The average Bonchev–Trinajstić information content (AvgIpc) is 2.34. The SMILES string of the molecule is CC(C)(C)[C@@H](N)C(=O)NC(CO)c1ccccc1. The van der Waals surface area contributed by atoms with E-state index in [9.17, 15) is 9.90 Å². The van der Waals surface area contributed by atoms with Crippen LogP contribution >= 0.6 is 0 Å². The second-order valence-corrected chi connectivity index (χ2v) is 5.50. The molecule has 0 saturated heterocycles. The Kier molecular flexibility index (Phi) is 4.87. The van der Waals surface area contributed by atoms with Crippen LogP contribution in [0.4, 0.5) is 0 Å². The molecule has 0 heterocycles. The molecule has 1 rings (SSSR count). The Morgan fingerprint density at radius 3 is 2.33 bits per heavy atom. The van der Waals surface area contributed by atoms with E-state index in [1.807, 2.05) is 51.1 Å². The van der Waals surface area contributed by atoms with Crippen molar-refractivity contribution in [2.75, 3.05) is 6.61 Å². The van der Waals surface area contributed by atoms with Crippen LogP contribution in [0.25, 0.3) is 0 Å². The van der Waals surface area contributed by atoms with Gasteiger partial charge in [0.1, 0.15) is 0 Å². The number of carbonyl (C=O) groups excluding carboxylic acids is 1. The van der Waals surface area contributed by atoms with Gasteiger partial charge in [-0.2, -0.15) is 0 Å². The zero-order valence-corrected chi connectivity index (χ0v) is 11.2. The summed E-state index contributed by atoms with van der Waals surface area (Å²) in [6.45, 7) is 5.59. The number of aliphatic hydroxyl groups is 1. The van der Waals surface area contributed by atoms with E-state index in [1.165, 1.54) is 0 Å². The van der Waals surface area contributed by atoms with Crippen molar-refractivity contribution in [1.29, 1.82) is 0 Å². The minimum Gasteiger partial charge on any atom is -0.394 e. The third kappa shape index (κ3) is 3.82. The third-order valence-electron chi connectivity index (χ3n) is 2.92. The van der Waals surface area contributed by atoms with E-state index in [2.05, 4.69) is 5.32 Å². The Bertz CT molecular complexity index is 385. The van der Waals surface area contributed by atoms with E-state index in [0.717, 1.165) is 5.56 Å². The molecule has 4 heteroatoms. The van der Waals surface area contributed by atoms with Crippen LogP contribution in [0.3, 0.4) is 0 Å². The minimum absolute atomic E-state index is 0.146. The van der Waals surface area contributed by atoms with Crippen molar-refractivity contribution in [2.45, 2.75) is 32.9 Å². The topological polar surface area (TPSA) is 75.4 Å². The number of rotatable bonds is 4. The maximum absolute atomic E-state index is 12.0. The molecule has 0 radical (unpaired) electrons. The summed E-state index contributed by atoms with van der Waals surface area (Å²) in [4.78, 5) is 12.0. The number of amides is 1. The second-order valence-electron chi connectivity index (χ2n) is 5.50. The maximum atomic E-state index is 12.0. The molecule has 18 heavy (non-hydrogen) atoms. The van der Waals surface area contributed by atoms with Gasteiger partial charge in [-0.05, 0) is 11.0 Å². The molecule has 0 aliphatic rings. The molecular weight excluding hydrogens is 228 g/mol. The largest absolute Gasteiger partial charge is 0.394 e. The summed E-state index contributed by atoms with van der Waals surface area (Å²) in [5, 5.41) is 12.1. The summed E-state index contributed by atoms with van der Waals surface area (Å²) >= 11 is 0. The monoisotopic (exact) mass is 250 g/mol. The number of nitrogens with two attached hydrogens (primary N) is 1. The number of benzene rings is 1. The summed E-state index contributed by atoms with van der Waals surface area (Å²) in [5.74, 6) is -0.245. The van der Waals surface area contributed by atoms with Gasteiger partial charge in [0.05, 0.1) is 18.7 Å². The van der Waals surface area contributed by atoms with E-state index in [0.29, 0.717) is 0 Å². The number of aliphatic hydroxyl groups excluding tert-OH is 1. The fraction of sp³-hybridized carbons (Fsp3) is 0.500. The van der Waals surface area contributed by atoms with Crippen LogP contribution in [0.1, 0.15) is 32.4 Å². The zero-order chi connectivity index (χ0) is 13.8. The number of hydrogen-bond donors (Lipinski definition) is 3. The fourth-order valence-corrected chi connectivity index (χ4v) is 1.57. The van der Waals surface area contributed by atoms with Gasteiger partial charge in [0, 0.05) is 0 Å². The van der Waals surface area contributed by atoms with Crippen molar-refractivity contribution in [2.24, 2.45) is 11.1 Å². The number of nitrogens with one attached hydrogen (secondary N) is 1. The molecule has 1 aromatic carbocycles. The van der Waals surface area contributed by atoms with E-state index in [-0.39, 0.29) is 17.9 Å². The lowest BCUT2D eigenvalue weighted by Gasteiger charge is -2.28. The molecule has 0 fully saturated rings. The summed E-state index contributed by atoms with van der Waals surface area (Å²) in [5.41, 5.74) is 6.45. The number of hydrogen-bond acceptors (Lipinski definition) is 3. The predicted molar refractivity (Wildman–Crippen MR) is 71.8 cm³/mol. The standard InChI is InChI=1S/C14H22N2O2/c1-14(2,3)12(15)13(18)16-11(9-17)10-7-5-4-6-8-10/h4-8,11-12,17H,9,15H2,1-3H3,(H,16,18)/t11?,12-/m0/s1. The molecule has 0 aromatic heterocycles. The summed E-state index contributed by atoms with van der Waals surface area (Å²) in [6.07, 6.45) is 0. The number of carbonyl (C=O) groups is 1. The van der Waals surface area contributed by atoms with Crippen LogP contribution < -0.4 is 11.1 Å². The molecule has 2 atom stereocenters. The van der Waals surface area contributed by atoms with Crippen molar-refractivity contribution in [3.05, 3.63) is 35.9 Å². The van der Waals surface area contributed by atoms with Gasteiger partial charge in [0.2, 0.25) is 5.91 Å². The third-order valence-corrected chi connectivity index (χ3v) is 2.92.